The van der Waals surface area contributed by atoms with E-state index in [4.69, 9.17) is 32.0 Å². The summed E-state index contributed by atoms with van der Waals surface area (Å²) >= 11 is 6.00. The van der Waals surface area contributed by atoms with Gasteiger partial charge >= 0.3 is 18.0 Å². The molecule has 2 heterocycles. The number of pyridine rings is 1. The van der Waals surface area contributed by atoms with E-state index in [-0.39, 0.29) is 24.5 Å². The molecule has 1 fully saturated rings. The number of methoxy groups -OCH3 is 1. The Morgan fingerprint density at radius 3 is 2.50 bits per heavy atom. The van der Waals surface area contributed by atoms with Gasteiger partial charge in [0.25, 0.3) is 0 Å². The number of benzene rings is 2. The summed E-state index contributed by atoms with van der Waals surface area (Å²) in [5, 5.41) is 13.8. The highest BCUT2D eigenvalue weighted by molar-refractivity contribution is 6.30. The van der Waals surface area contributed by atoms with Crippen molar-refractivity contribution in [2.45, 2.75) is 19.8 Å². The molecule has 1 aliphatic rings. The van der Waals surface area contributed by atoms with Crippen molar-refractivity contribution in [3.05, 3.63) is 77.1 Å². The summed E-state index contributed by atoms with van der Waals surface area (Å²) in [5.41, 5.74) is 1.09. The van der Waals surface area contributed by atoms with Crippen molar-refractivity contribution in [2.24, 2.45) is 5.84 Å². The van der Waals surface area contributed by atoms with Crippen LogP contribution >= 0.6 is 11.6 Å². The number of nitrogens with zero attached hydrogens (tertiary/aromatic N) is 4. The second-order valence-corrected chi connectivity index (χ2v) is 8.58. The second kappa shape index (κ2) is 11.2. The minimum absolute atomic E-state index is 0.146. The maximum absolute atomic E-state index is 13.2. The van der Waals surface area contributed by atoms with Gasteiger partial charge in [0.05, 0.1) is 13.7 Å². The second-order valence-electron chi connectivity index (χ2n) is 8.14. The summed E-state index contributed by atoms with van der Waals surface area (Å²) in [7, 11) is 1.44. The Morgan fingerprint density at radius 2 is 1.84 bits per heavy atom. The lowest BCUT2D eigenvalue weighted by atomic mass is 10.2. The number of anilines is 1. The molecule has 0 spiro atoms. The Labute approximate surface area is 223 Å². The fraction of sp³-hybridized carbons (Fsp3) is 0.200. The normalized spacial score (nSPS) is 15.5. The van der Waals surface area contributed by atoms with Crippen molar-refractivity contribution < 1.29 is 29.0 Å². The summed E-state index contributed by atoms with van der Waals surface area (Å²) in [4.78, 5) is 43.5. The fourth-order valence-electron chi connectivity index (χ4n) is 3.80. The number of amides is 4. The van der Waals surface area contributed by atoms with E-state index < -0.39 is 24.3 Å². The van der Waals surface area contributed by atoms with Crippen LogP contribution in [0.15, 0.2) is 60.8 Å². The third-order valence-electron chi connectivity index (χ3n) is 5.71. The van der Waals surface area contributed by atoms with E-state index in [0.717, 1.165) is 15.5 Å². The highest BCUT2D eigenvalue weighted by atomic mass is 35.5. The van der Waals surface area contributed by atoms with Gasteiger partial charge in [0, 0.05) is 35.6 Å². The van der Waals surface area contributed by atoms with Crippen LogP contribution in [0.25, 0.3) is 0 Å². The van der Waals surface area contributed by atoms with Crippen molar-refractivity contribution >= 4 is 35.3 Å². The number of aromatic carboxylic acids is 1. The van der Waals surface area contributed by atoms with E-state index in [1.165, 1.54) is 30.3 Å². The number of hydrogen-bond donors (Lipinski definition) is 3. The minimum Gasteiger partial charge on any atom is -0.493 e. The lowest BCUT2D eigenvalue weighted by Crippen LogP contribution is -2.70. The van der Waals surface area contributed by atoms with Crippen LogP contribution < -0.4 is 20.6 Å². The van der Waals surface area contributed by atoms with Gasteiger partial charge in [-0.1, -0.05) is 23.7 Å². The maximum Gasteiger partial charge on any atom is 0.354 e. The van der Waals surface area contributed by atoms with Gasteiger partial charge in [0.15, 0.2) is 17.2 Å². The summed E-state index contributed by atoms with van der Waals surface area (Å²) in [6.45, 7) is 1.98. The van der Waals surface area contributed by atoms with Crippen LogP contribution in [0.4, 0.5) is 15.3 Å². The van der Waals surface area contributed by atoms with E-state index in [2.05, 4.69) is 10.3 Å². The first-order valence-electron chi connectivity index (χ1n) is 11.4. The molecule has 1 aliphatic heterocycles. The third kappa shape index (κ3) is 5.56. The first kappa shape index (κ1) is 26.5. The highest BCUT2D eigenvalue weighted by Gasteiger charge is 2.42. The van der Waals surface area contributed by atoms with Crippen LogP contribution in [0, 0.1) is 0 Å². The Balaban J connectivity index is 1.61. The van der Waals surface area contributed by atoms with E-state index in [9.17, 15) is 14.4 Å². The average molecular weight is 541 g/mol. The summed E-state index contributed by atoms with van der Waals surface area (Å²) in [6, 6.07) is 13.5. The van der Waals surface area contributed by atoms with Gasteiger partial charge in [-0.25, -0.2) is 35.1 Å². The quantitative estimate of drug-likeness (QED) is 0.268. The number of rotatable bonds is 9. The van der Waals surface area contributed by atoms with Crippen molar-refractivity contribution in [1.82, 2.24) is 19.8 Å². The molecule has 0 aliphatic carbocycles. The van der Waals surface area contributed by atoms with Crippen LogP contribution in [-0.2, 0) is 6.54 Å². The molecule has 1 saturated heterocycles. The van der Waals surface area contributed by atoms with Gasteiger partial charge in [-0.15, -0.1) is 0 Å². The molecular weight excluding hydrogens is 516 g/mol. The van der Waals surface area contributed by atoms with E-state index in [0.29, 0.717) is 22.2 Å². The monoisotopic (exact) mass is 540 g/mol. The molecule has 3 aromatic rings. The number of carbonyl (C=O) groups is 3. The standard InChI is InChI=1S/C25H25ClN6O6/c1-3-30-24(35)31(14-15-4-6-16(26)7-5-15)23(32(27)25(30)36)29-17-8-9-20(21(12-17)37-2)38-18-10-11-28-19(13-18)22(33)34/h4-13,23,29H,3,14,27H2,1-2H3,(H,33,34). The van der Waals surface area contributed by atoms with Gasteiger partial charge in [-0.05, 0) is 42.8 Å². The predicted octanol–water partition coefficient (Wildman–Crippen LogP) is 4.18. The minimum atomic E-state index is -1.19. The van der Waals surface area contributed by atoms with Crippen LogP contribution in [0.5, 0.6) is 17.2 Å². The number of carbonyl (C=O) groups excluding carboxylic acids is 2. The number of ether oxygens (including phenoxy) is 2. The molecule has 1 aromatic heterocycles. The molecular formula is C25H25ClN6O6. The van der Waals surface area contributed by atoms with E-state index in [1.54, 1.807) is 49.4 Å². The number of halogens is 1. The van der Waals surface area contributed by atoms with E-state index >= 15 is 0 Å². The maximum atomic E-state index is 13.2. The van der Waals surface area contributed by atoms with E-state index in [1.807, 2.05) is 0 Å². The fourth-order valence-corrected chi connectivity index (χ4v) is 3.93. The highest BCUT2D eigenvalue weighted by Crippen LogP contribution is 2.35. The van der Waals surface area contributed by atoms with Crippen LogP contribution in [0.1, 0.15) is 23.0 Å². The largest absolute Gasteiger partial charge is 0.493 e. The Kier molecular flexibility index (Phi) is 7.84. The average Bonchev–Trinajstić information content (AvgIpc) is 2.91. The zero-order valence-corrected chi connectivity index (χ0v) is 21.3. The SMILES string of the molecule is CCN1C(=O)N(N)C(Nc2ccc(Oc3ccnc(C(=O)O)c3)c(OC)c2)N(Cc2ccc(Cl)cc2)C1=O. The van der Waals surface area contributed by atoms with Crippen molar-refractivity contribution in [1.29, 1.82) is 0 Å². The molecule has 4 amide bonds. The summed E-state index contributed by atoms with van der Waals surface area (Å²) in [6.07, 6.45) is 0.298. The molecule has 1 atom stereocenters. The van der Waals surface area contributed by atoms with Crippen molar-refractivity contribution in [2.75, 3.05) is 19.0 Å². The number of hydrogen-bond acceptors (Lipinski definition) is 8. The van der Waals surface area contributed by atoms with Gasteiger partial charge in [0.1, 0.15) is 5.75 Å². The van der Waals surface area contributed by atoms with Gasteiger partial charge in [0.2, 0.25) is 6.29 Å². The zero-order chi connectivity index (χ0) is 27.4. The molecule has 198 valence electrons. The number of nitrogens with one attached hydrogen (secondary N) is 1. The predicted molar refractivity (Wildman–Crippen MR) is 138 cm³/mol. The molecule has 2 aromatic carbocycles. The number of carboxylic acids is 1. The van der Waals surface area contributed by atoms with Crippen LogP contribution in [-0.4, -0.2) is 62.9 Å². The molecule has 12 nitrogen and oxygen atoms in total. The lowest BCUT2D eigenvalue weighted by Gasteiger charge is -2.45. The van der Waals surface area contributed by atoms with Crippen molar-refractivity contribution in [3.63, 3.8) is 0 Å². The molecule has 38 heavy (non-hydrogen) atoms. The molecule has 13 heteroatoms. The number of carboxylic acid groups (broad SMARTS) is 1. The molecule has 0 saturated carbocycles. The topological polar surface area (TPSA) is 151 Å². The number of imide groups is 1. The summed E-state index contributed by atoms with van der Waals surface area (Å²) in [5.74, 6) is 5.84. The first-order chi connectivity index (χ1) is 18.2. The third-order valence-corrected chi connectivity index (χ3v) is 5.96. The van der Waals surface area contributed by atoms with Gasteiger partial charge in [-0.2, -0.15) is 0 Å². The smallest absolute Gasteiger partial charge is 0.354 e. The zero-order valence-electron chi connectivity index (χ0n) is 20.5. The number of nitrogens with two attached hydrogens (primary N) is 1. The van der Waals surface area contributed by atoms with Gasteiger partial charge in [-0.3, -0.25) is 4.90 Å². The van der Waals surface area contributed by atoms with Crippen molar-refractivity contribution in [3.8, 4) is 17.2 Å². The van der Waals surface area contributed by atoms with Gasteiger partial charge < -0.3 is 19.9 Å². The van der Waals surface area contributed by atoms with Crippen LogP contribution in [0.2, 0.25) is 5.02 Å². The number of urea groups is 2. The molecule has 4 rings (SSSR count). The summed E-state index contributed by atoms with van der Waals surface area (Å²) < 4.78 is 11.3. The molecule has 1 unspecified atom stereocenters. The molecule has 0 radical (unpaired) electrons. The lowest BCUT2D eigenvalue weighted by molar-refractivity contribution is 0.0390. The van der Waals surface area contributed by atoms with Crippen LogP contribution in [0.3, 0.4) is 0 Å². The first-order valence-corrected chi connectivity index (χ1v) is 11.8. The molecule has 0 bridgehead atoms. The molecule has 4 N–H and O–H groups in total. The number of aromatic nitrogens is 1. The Bertz CT molecular complexity index is 1350. The Hall–Kier alpha value is -4.55. The Morgan fingerprint density at radius 1 is 1.11 bits per heavy atom. The number of hydrazine groups is 1.